The standard InChI is InChI=1S/C11H14N2O3/c1-13(2)7-10(14)12-9-5-3-8(4-6-9)11(15)16/h3-6H,7H2,1-2H3,(H,12,14)(H,15,16). The number of carboxylic acid groups (broad SMARTS) is 1. The number of quaternary nitrogens is 1. The number of carbonyl (C=O) groups is 2. The molecule has 0 spiro atoms. The van der Waals surface area contributed by atoms with Crippen molar-refractivity contribution in [1.29, 1.82) is 0 Å². The summed E-state index contributed by atoms with van der Waals surface area (Å²) in [6, 6.07) is 5.86. The number of nitrogens with one attached hydrogen (secondary N) is 2. The largest absolute Gasteiger partial charge is 0.545 e. The van der Waals surface area contributed by atoms with E-state index < -0.39 is 5.97 Å². The number of likely N-dealkylation sites (N-methyl/N-ethyl adjacent to an activating group) is 1. The minimum atomic E-state index is -1.23. The fourth-order valence-electron chi connectivity index (χ4n) is 1.22. The zero-order chi connectivity index (χ0) is 12.1. The number of carbonyl (C=O) groups excluding carboxylic acids is 2. The molecule has 0 aliphatic rings. The molecule has 5 heteroatoms. The highest BCUT2D eigenvalue weighted by atomic mass is 16.4. The van der Waals surface area contributed by atoms with Crippen LogP contribution in [-0.4, -0.2) is 32.5 Å². The Morgan fingerprint density at radius 2 is 1.81 bits per heavy atom. The van der Waals surface area contributed by atoms with Gasteiger partial charge < -0.3 is 20.1 Å². The molecule has 5 nitrogen and oxygen atoms in total. The second kappa shape index (κ2) is 5.27. The molecule has 0 saturated heterocycles. The molecular formula is C11H14N2O3. The van der Waals surface area contributed by atoms with Crippen molar-refractivity contribution in [2.75, 3.05) is 26.0 Å². The van der Waals surface area contributed by atoms with Crippen LogP contribution in [0.15, 0.2) is 24.3 Å². The summed E-state index contributed by atoms with van der Waals surface area (Å²) in [5.74, 6) is -1.34. The van der Waals surface area contributed by atoms with Crippen LogP contribution in [0.1, 0.15) is 10.4 Å². The van der Waals surface area contributed by atoms with E-state index in [2.05, 4.69) is 5.32 Å². The Balaban J connectivity index is 2.62. The van der Waals surface area contributed by atoms with Gasteiger partial charge >= 0.3 is 0 Å². The molecule has 0 fully saturated rings. The highest BCUT2D eigenvalue weighted by molar-refractivity contribution is 5.92. The van der Waals surface area contributed by atoms with Crippen molar-refractivity contribution in [3.05, 3.63) is 29.8 Å². The van der Waals surface area contributed by atoms with Gasteiger partial charge in [-0.15, -0.1) is 0 Å². The smallest absolute Gasteiger partial charge is 0.279 e. The average Bonchev–Trinajstić information content (AvgIpc) is 2.16. The lowest BCUT2D eigenvalue weighted by atomic mass is 10.2. The first kappa shape index (κ1) is 12.2. The van der Waals surface area contributed by atoms with Crippen molar-refractivity contribution in [3.63, 3.8) is 0 Å². The van der Waals surface area contributed by atoms with Gasteiger partial charge in [0.25, 0.3) is 5.91 Å². The number of rotatable bonds is 4. The second-order valence-corrected chi connectivity index (χ2v) is 3.80. The first-order chi connectivity index (χ1) is 7.49. The SMILES string of the molecule is C[NH+](C)CC(=O)Nc1ccc(C(=O)[O-])cc1. The number of carboxylic acids is 1. The first-order valence-electron chi connectivity index (χ1n) is 4.89. The minimum Gasteiger partial charge on any atom is -0.545 e. The van der Waals surface area contributed by atoms with Gasteiger partial charge in [0.05, 0.1) is 20.1 Å². The van der Waals surface area contributed by atoms with E-state index in [1.54, 1.807) is 0 Å². The van der Waals surface area contributed by atoms with Gasteiger partial charge in [-0.05, 0) is 17.7 Å². The summed E-state index contributed by atoms with van der Waals surface area (Å²) in [6.45, 7) is 0.363. The first-order valence-corrected chi connectivity index (χ1v) is 4.89. The van der Waals surface area contributed by atoms with Gasteiger partial charge in [-0.25, -0.2) is 0 Å². The van der Waals surface area contributed by atoms with Gasteiger partial charge in [0, 0.05) is 5.69 Å². The highest BCUT2D eigenvalue weighted by Crippen LogP contribution is 2.08. The van der Waals surface area contributed by atoms with Crippen LogP contribution in [-0.2, 0) is 4.79 Å². The molecule has 1 aromatic carbocycles. The Morgan fingerprint density at radius 1 is 1.25 bits per heavy atom. The molecular weight excluding hydrogens is 208 g/mol. The molecule has 0 aromatic heterocycles. The van der Waals surface area contributed by atoms with Crippen molar-refractivity contribution < 1.29 is 19.6 Å². The summed E-state index contributed by atoms with van der Waals surface area (Å²) < 4.78 is 0. The molecule has 86 valence electrons. The van der Waals surface area contributed by atoms with Crippen LogP contribution in [0.5, 0.6) is 0 Å². The maximum atomic E-state index is 11.4. The molecule has 16 heavy (non-hydrogen) atoms. The minimum absolute atomic E-state index is 0.0937. The van der Waals surface area contributed by atoms with Crippen LogP contribution in [0.3, 0.4) is 0 Å². The molecule has 0 aliphatic heterocycles. The van der Waals surface area contributed by atoms with E-state index in [1.807, 2.05) is 14.1 Å². The van der Waals surface area contributed by atoms with Crippen LogP contribution in [0.2, 0.25) is 0 Å². The van der Waals surface area contributed by atoms with Crippen LogP contribution in [0.25, 0.3) is 0 Å². The molecule has 2 N–H and O–H groups in total. The predicted octanol–water partition coefficient (Wildman–Crippen LogP) is -1.87. The fourth-order valence-corrected chi connectivity index (χ4v) is 1.22. The summed E-state index contributed by atoms with van der Waals surface area (Å²) in [5.41, 5.74) is 0.674. The maximum absolute atomic E-state index is 11.4. The summed E-state index contributed by atoms with van der Waals surface area (Å²) in [5, 5.41) is 13.1. The van der Waals surface area contributed by atoms with Crippen LogP contribution < -0.4 is 15.3 Å². The maximum Gasteiger partial charge on any atom is 0.279 e. The Bertz CT molecular complexity index is 385. The molecule has 1 rings (SSSR count). The number of amides is 1. The third-order valence-electron chi connectivity index (χ3n) is 1.92. The van der Waals surface area contributed by atoms with Gasteiger partial charge in [0.1, 0.15) is 0 Å². The Labute approximate surface area is 93.7 Å². The average molecular weight is 222 g/mol. The van der Waals surface area contributed by atoms with E-state index in [0.29, 0.717) is 12.2 Å². The molecule has 1 aromatic rings. The van der Waals surface area contributed by atoms with Crippen molar-refractivity contribution in [3.8, 4) is 0 Å². The van der Waals surface area contributed by atoms with Gasteiger partial charge in [-0.2, -0.15) is 0 Å². The quantitative estimate of drug-likeness (QED) is 0.627. The monoisotopic (exact) mass is 222 g/mol. The lowest BCUT2D eigenvalue weighted by molar-refractivity contribution is -0.849. The van der Waals surface area contributed by atoms with E-state index in [9.17, 15) is 14.7 Å². The molecule has 0 atom stereocenters. The van der Waals surface area contributed by atoms with Gasteiger partial charge in [-0.3, -0.25) is 4.79 Å². The van der Waals surface area contributed by atoms with Gasteiger partial charge in [0.15, 0.2) is 6.54 Å². The van der Waals surface area contributed by atoms with E-state index >= 15 is 0 Å². The van der Waals surface area contributed by atoms with Crippen molar-refractivity contribution >= 4 is 17.6 Å². The predicted molar refractivity (Wildman–Crippen MR) is 57.1 cm³/mol. The Kier molecular flexibility index (Phi) is 4.02. The number of hydrogen-bond donors (Lipinski definition) is 2. The highest BCUT2D eigenvalue weighted by Gasteiger charge is 2.05. The lowest BCUT2D eigenvalue weighted by Gasteiger charge is -2.09. The van der Waals surface area contributed by atoms with Crippen LogP contribution >= 0.6 is 0 Å². The van der Waals surface area contributed by atoms with Crippen LogP contribution in [0.4, 0.5) is 5.69 Å². The molecule has 0 bridgehead atoms. The molecule has 0 saturated carbocycles. The normalized spacial score (nSPS) is 10.2. The number of anilines is 1. The fraction of sp³-hybridized carbons (Fsp3) is 0.273. The summed E-state index contributed by atoms with van der Waals surface area (Å²) in [4.78, 5) is 22.9. The molecule has 0 unspecified atom stereocenters. The van der Waals surface area contributed by atoms with Crippen molar-refractivity contribution in [2.24, 2.45) is 0 Å². The summed E-state index contributed by atoms with van der Waals surface area (Å²) in [6.07, 6.45) is 0. The summed E-state index contributed by atoms with van der Waals surface area (Å²) >= 11 is 0. The van der Waals surface area contributed by atoms with Gasteiger partial charge in [0.2, 0.25) is 0 Å². The summed E-state index contributed by atoms with van der Waals surface area (Å²) in [7, 11) is 3.75. The van der Waals surface area contributed by atoms with E-state index in [1.165, 1.54) is 24.3 Å². The number of aromatic carboxylic acids is 1. The Hall–Kier alpha value is -1.88. The van der Waals surface area contributed by atoms with Gasteiger partial charge in [-0.1, -0.05) is 12.1 Å². The molecule has 0 radical (unpaired) electrons. The van der Waals surface area contributed by atoms with E-state index in [0.717, 1.165) is 4.90 Å². The van der Waals surface area contributed by atoms with Crippen molar-refractivity contribution in [2.45, 2.75) is 0 Å². The zero-order valence-electron chi connectivity index (χ0n) is 9.24. The van der Waals surface area contributed by atoms with E-state index in [-0.39, 0.29) is 11.5 Å². The molecule has 0 heterocycles. The third-order valence-corrected chi connectivity index (χ3v) is 1.92. The van der Waals surface area contributed by atoms with Crippen LogP contribution in [0, 0.1) is 0 Å². The number of hydrogen-bond acceptors (Lipinski definition) is 3. The molecule has 0 aliphatic carbocycles. The topological polar surface area (TPSA) is 73.7 Å². The third kappa shape index (κ3) is 3.70. The number of benzene rings is 1. The Morgan fingerprint density at radius 3 is 2.25 bits per heavy atom. The van der Waals surface area contributed by atoms with E-state index in [4.69, 9.17) is 0 Å². The lowest BCUT2D eigenvalue weighted by Crippen LogP contribution is -3.06. The second-order valence-electron chi connectivity index (χ2n) is 3.80. The van der Waals surface area contributed by atoms with Crippen molar-refractivity contribution in [1.82, 2.24) is 0 Å². The molecule has 1 amide bonds. The zero-order valence-corrected chi connectivity index (χ0v) is 9.24.